The summed E-state index contributed by atoms with van der Waals surface area (Å²) in [6, 6.07) is 36.3. The number of para-hydroxylation sites is 1. The Morgan fingerprint density at radius 1 is 0.743 bits per heavy atom. The number of carbonyl (C=O) groups excluding carboxylic acids is 1. The summed E-state index contributed by atoms with van der Waals surface area (Å²) >= 11 is 6.29. The van der Waals surface area contributed by atoms with Crippen LogP contribution in [0.3, 0.4) is 0 Å². The van der Waals surface area contributed by atoms with E-state index in [2.05, 4.69) is 60.7 Å². The second-order valence-corrected chi connectivity index (χ2v) is 8.65. The average molecular weight is 485 g/mol. The molecule has 0 amide bonds. The van der Waals surface area contributed by atoms with Gasteiger partial charge >= 0.3 is 5.97 Å². The molecule has 2 atom stereocenters. The van der Waals surface area contributed by atoms with Gasteiger partial charge in [-0.2, -0.15) is 0 Å². The Bertz CT molecular complexity index is 1210. The van der Waals surface area contributed by atoms with E-state index in [1.54, 1.807) is 25.1 Å². The van der Waals surface area contributed by atoms with Crippen molar-refractivity contribution in [2.75, 3.05) is 12.5 Å². The van der Waals surface area contributed by atoms with E-state index in [0.29, 0.717) is 29.5 Å². The molecule has 0 bridgehead atoms. The van der Waals surface area contributed by atoms with Crippen LogP contribution in [0, 0.1) is 0 Å². The summed E-state index contributed by atoms with van der Waals surface area (Å²) in [6.07, 6.45) is 0.857. The summed E-state index contributed by atoms with van der Waals surface area (Å²) in [6.45, 7) is 2.10. The highest BCUT2D eigenvalue weighted by atomic mass is 35.5. The maximum atomic E-state index is 12.3. The summed E-state index contributed by atoms with van der Waals surface area (Å²) in [5.41, 5.74) is 4.10. The van der Waals surface area contributed by atoms with Crippen molar-refractivity contribution < 1.29 is 14.3 Å². The minimum Gasteiger partial charge on any atom is -0.462 e. The molecule has 4 aromatic carbocycles. The fourth-order valence-corrected chi connectivity index (χ4v) is 4.70. The van der Waals surface area contributed by atoms with Gasteiger partial charge in [-0.3, -0.25) is 0 Å². The van der Waals surface area contributed by atoms with Crippen LogP contribution in [0.4, 0.5) is 0 Å². The van der Waals surface area contributed by atoms with Crippen molar-refractivity contribution in [3.63, 3.8) is 0 Å². The minimum absolute atomic E-state index is 0.137. The standard InChI is InChI=1S/C31H29ClO3/c1-2-34-31(33)28-15-9-10-16-29(28)35-26-19-17-25(18-20-26)30(24-13-7-4-8-14-24)27(21-22-32)23-11-5-3-6-12-23/h3-20,27,30H,2,21-22H2,1H3. The molecule has 35 heavy (non-hydrogen) atoms. The highest BCUT2D eigenvalue weighted by molar-refractivity contribution is 6.17. The summed E-state index contributed by atoms with van der Waals surface area (Å²) in [7, 11) is 0. The summed E-state index contributed by atoms with van der Waals surface area (Å²) in [4.78, 5) is 12.3. The highest BCUT2D eigenvalue weighted by Crippen LogP contribution is 2.41. The molecular formula is C31H29ClO3. The summed E-state index contributed by atoms with van der Waals surface area (Å²) < 4.78 is 11.3. The van der Waals surface area contributed by atoms with Gasteiger partial charge in [-0.1, -0.05) is 84.9 Å². The first-order valence-corrected chi connectivity index (χ1v) is 12.4. The van der Waals surface area contributed by atoms with E-state index in [-0.39, 0.29) is 11.8 Å². The molecule has 4 heteroatoms. The van der Waals surface area contributed by atoms with E-state index >= 15 is 0 Å². The number of hydrogen-bond donors (Lipinski definition) is 0. The number of esters is 1. The third kappa shape index (κ3) is 6.12. The lowest BCUT2D eigenvalue weighted by Gasteiger charge is -2.28. The Hall–Kier alpha value is -3.56. The molecule has 3 nitrogen and oxygen atoms in total. The van der Waals surface area contributed by atoms with Crippen LogP contribution in [0.15, 0.2) is 109 Å². The molecule has 4 aromatic rings. The molecule has 0 saturated carbocycles. The molecular weight excluding hydrogens is 456 g/mol. The van der Waals surface area contributed by atoms with Crippen LogP contribution >= 0.6 is 11.6 Å². The first kappa shape index (κ1) is 24.6. The van der Waals surface area contributed by atoms with Gasteiger partial charge in [0.1, 0.15) is 17.1 Å². The number of rotatable bonds is 10. The van der Waals surface area contributed by atoms with Crippen molar-refractivity contribution >= 4 is 17.6 Å². The van der Waals surface area contributed by atoms with Crippen LogP contribution in [-0.2, 0) is 4.74 Å². The smallest absolute Gasteiger partial charge is 0.341 e. The molecule has 0 fully saturated rings. The van der Waals surface area contributed by atoms with Gasteiger partial charge in [0.15, 0.2) is 0 Å². The predicted molar refractivity (Wildman–Crippen MR) is 142 cm³/mol. The first-order chi connectivity index (χ1) is 17.2. The molecule has 0 spiro atoms. The molecule has 0 radical (unpaired) electrons. The lowest BCUT2D eigenvalue weighted by molar-refractivity contribution is 0.0523. The quantitative estimate of drug-likeness (QED) is 0.168. The minimum atomic E-state index is -0.393. The molecule has 0 aliphatic rings. The van der Waals surface area contributed by atoms with E-state index < -0.39 is 5.97 Å². The highest BCUT2D eigenvalue weighted by Gasteiger charge is 2.26. The van der Waals surface area contributed by atoms with Crippen LogP contribution in [-0.4, -0.2) is 18.5 Å². The van der Waals surface area contributed by atoms with Crippen LogP contribution in [0.5, 0.6) is 11.5 Å². The lowest BCUT2D eigenvalue weighted by Crippen LogP contribution is -2.14. The molecule has 0 aromatic heterocycles. The van der Waals surface area contributed by atoms with Crippen molar-refractivity contribution in [2.24, 2.45) is 0 Å². The maximum absolute atomic E-state index is 12.3. The van der Waals surface area contributed by atoms with Gasteiger partial charge in [-0.15, -0.1) is 11.6 Å². The molecule has 0 aliphatic carbocycles. The monoisotopic (exact) mass is 484 g/mol. The van der Waals surface area contributed by atoms with E-state index in [0.717, 1.165) is 6.42 Å². The molecule has 0 aliphatic heterocycles. The lowest BCUT2D eigenvalue weighted by atomic mass is 9.76. The van der Waals surface area contributed by atoms with Gasteiger partial charge in [0.05, 0.1) is 6.61 Å². The van der Waals surface area contributed by atoms with Crippen molar-refractivity contribution in [2.45, 2.75) is 25.2 Å². The zero-order valence-electron chi connectivity index (χ0n) is 19.8. The Balaban J connectivity index is 1.66. The second-order valence-electron chi connectivity index (χ2n) is 8.27. The SMILES string of the molecule is CCOC(=O)c1ccccc1Oc1ccc(C(c2ccccc2)C(CCCl)c2ccccc2)cc1. The maximum Gasteiger partial charge on any atom is 0.341 e. The number of halogens is 1. The largest absolute Gasteiger partial charge is 0.462 e. The fraction of sp³-hybridized carbons (Fsp3) is 0.194. The molecule has 0 N–H and O–H groups in total. The fourth-order valence-electron chi connectivity index (χ4n) is 4.46. The van der Waals surface area contributed by atoms with E-state index in [1.807, 2.05) is 30.3 Å². The molecule has 0 saturated heterocycles. The summed E-state index contributed by atoms with van der Waals surface area (Å²) in [5, 5.41) is 0. The van der Waals surface area contributed by atoms with E-state index in [9.17, 15) is 4.79 Å². The Labute approximate surface area is 212 Å². The number of carbonyl (C=O) groups is 1. The normalized spacial score (nSPS) is 12.5. The third-order valence-electron chi connectivity index (χ3n) is 6.06. The van der Waals surface area contributed by atoms with Crippen LogP contribution in [0.2, 0.25) is 0 Å². The van der Waals surface area contributed by atoms with Gasteiger partial charge < -0.3 is 9.47 Å². The molecule has 2 unspecified atom stereocenters. The number of ether oxygens (including phenoxy) is 2. The third-order valence-corrected chi connectivity index (χ3v) is 6.28. The average Bonchev–Trinajstić information content (AvgIpc) is 2.91. The van der Waals surface area contributed by atoms with Gasteiger partial charge in [0.2, 0.25) is 0 Å². The number of alkyl halides is 1. The second kappa shape index (κ2) is 12.2. The Kier molecular flexibility index (Phi) is 8.58. The van der Waals surface area contributed by atoms with Crippen molar-refractivity contribution in [1.29, 1.82) is 0 Å². The molecule has 178 valence electrons. The predicted octanol–water partition coefficient (Wildman–Crippen LogP) is 8.20. The Morgan fingerprint density at radius 3 is 1.94 bits per heavy atom. The first-order valence-electron chi connectivity index (χ1n) is 11.9. The topological polar surface area (TPSA) is 35.5 Å². The zero-order chi connectivity index (χ0) is 24.5. The number of hydrogen-bond acceptors (Lipinski definition) is 3. The van der Waals surface area contributed by atoms with Crippen LogP contribution in [0.1, 0.15) is 52.2 Å². The van der Waals surface area contributed by atoms with Gasteiger partial charge in [-0.25, -0.2) is 4.79 Å². The molecule has 0 heterocycles. The van der Waals surface area contributed by atoms with Crippen LogP contribution < -0.4 is 4.74 Å². The van der Waals surface area contributed by atoms with Gasteiger partial charge in [-0.05, 0) is 60.2 Å². The van der Waals surface area contributed by atoms with Crippen molar-refractivity contribution in [3.8, 4) is 11.5 Å². The van der Waals surface area contributed by atoms with Crippen LogP contribution in [0.25, 0.3) is 0 Å². The Morgan fingerprint density at radius 2 is 1.31 bits per heavy atom. The van der Waals surface area contributed by atoms with E-state index in [4.69, 9.17) is 21.1 Å². The van der Waals surface area contributed by atoms with Crippen molar-refractivity contribution in [3.05, 3.63) is 131 Å². The molecule has 4 rings (SSSR count). The van der Waals surface area contributed by atoms with Gasteiger partial charge in [0, 0.05) is 11.8 Å². The van der Waals surface area contributed by atoms with E-state index in [1.165, 1.54) is 16.7 Å². The van der Waals surface area contributed by atoms with Gasteiger partial charge in [0.25, 0.3) is 0 Å². The van der Waals surface area contributed by atoms with Crippen molar-refractivity contribution in [1.82, 2.24) is 0 Å². The summed E-state index contributed by atoms with van der Waals surface area (Å²) in [5.74, 6) is 1.68. The zero-order valence-corrected chi connectivity index (χ0v) is 20.5. The number of benzene rings is 4.